The van der Waals surface area contributed by atoms with Gasteiger partial charge in [-0.2, -0.15) is 0 Å². The molecule has 0 saturated carbocycles. The molecule has 4 rings (SSSR count). The van der Waals surface area contributed by atoms with Crippen LogP contribution in [0.15, 0.2) is 48.9 Å². The van der Waals surface area contributed by atoms with Gasteiger partial charge in [0, 0.05) is 32.4 Å². The summed E-state index contributed by atoms with van der Waals surface area (Å²) < 4.78 is 1.97. The maximum atomic E-state index is 13.3. The lowest BCUT2D eigenvalue weighted by Gasteiger charge is -2.25. The third-order valence-electron chi connectivity index (χ3n) is 4.92. The Bertz CT molecular complexity index is 909. The number of aromatic nitrogens is 5. The summed E-state index contributed by atoms with van der Waals surface area (Å²) in [7, 11) is 1.85. The van der Waals surface area contributed by atoms with Crippen molar-refractivity contribution >= 4 is 5.91 Å². The van der Waals surface area contributed by atoms with Crippen molar-refractivity contribution < 1.29 is 4.79 Å². The molecule has 1 aliphatic heterocycles. The molecule has 0 spiro atoms. The number of likely N-dealkylation sites (N-methyl/N-ethyl adjacent to an activating group) is 1. The molecule has 1 unspecified atom stereocenters. The summed E-state index contributed by atoms with van der Waals surface area (Å²) in [4.78, 5) is 23.6. The highest BCUT2D eigenvalue weighted by molar-refractivity contribution is 5.81. The van der Waals surface area contributed by atoms with Crippen LogP contribution in [0.2, 0.25) is 0 Å². The van der Waals surface area contributed by atoms with E-state index in [2.05, 4.69) is 20.2 Å². The van der Waals surface area contributed by atoms with E-state index in [1.807, 2.05) is 41.9 Å². The smallest absolute Gasteiger partial charge is 0.245 e. The first kappa shape index (κ1) is 17.3. The Morgan fingerprint density at radius 1 is 1.19 bits per heavy atom. The van der Waals surface area contributed by atoms with Crippen molar-refractivity contribution in [3.63, 3.8) is 0 Å². The van der Waals surface area contributed by atoms with E-state index in [0.29, 0.717) is 18.1 Å². The van der Waals surface area contributed by atoms with Gasteiger partial charge in [-0.3, -0.25) is 14.3 Å². The van der Waals surface area contributed by atoms with E-state index in [0.717, 1.165) is 37.1 Å². The minimum absolute atomic E-state index is 0.0759. The van der Waals surface area contributed by atoms with Gasteiger partial charge in [0.1, 0.15) is 17.6 Å². The molecule has 3 heterocycles. The lowest BCUT2D eigenvalue weighted by Crippen LogP contribution is -2.34. The van der Waals surface area contributed by atoms with Gasteiger partial charge in [0.25, 0.3) is 0 Å². The number of amides is 1. The van der Waals surface area contributed by atoms with Gasteiger partial charge >= 0.3 is 0 Å². The minimum atomic E-state index is -0.316. The first-order valence-corrected chi connectivity index (χ1v) is 9.23. The topological polar surface area (TPSA) is 76.8 Å². The molecular weight excluding hydrogens is 340 g/mol. The standard InChI is InChI=1S/C20H22N6O/c1-25(14-15-7-3-2-4-8-15)20(27)17-9-5-6-10-18-23-24-19(26(17)18)16-13-21-11-12-22-16/h2-4,7-8,11-13,17H,5-6,9-10,14H2,1H3. The summed E-state index contributed by atoms with van der Waals surface area (Å²) in [5.74, 6) is 1.54. The summed E-state index contributed by atoms with van der Waals surface area (Å²) in [5, 5.41) is 8.67. The number of aryl methyl sites for hydroxylation is 1. The number of hydrogen-bond acceptors (Lipinski definition) is 5. The Kier molecular flexibility index (Phi) is 4.91. The molecular formula is C20H22N6O. The second kappa shape index (κ2) is 7.65. The third-order valence-corrected chi connectivity index (χ3v) is 4.92. The second-order valence-corrected chi connectivity index (χ2v) is 6.84. The number of fused-ring (bicyclic) bond motifs is 1. The van der Waals surface area contributed by atoms with Crippen LogP contribution in [0.4, 0.5) is 0 Å². The number of nitrogens with zero attached hydrogens (tertiary/aromatic N) is 6. The van der Waals surface area contributed by atoms with E-state index in [-0.39, 0.29) is 11.9 Å². The van der Waals surface area contributed by atoms with Crippen molar-refractivity contribution in [1.29, 1.82) is 0 Å². The van der Waals surface area contributed by atoms with Gasteiger partial charge in [-0.05, 0) is 18.4 Å². The van der Waals surface area contributed by atoms with Crippen molar-refractivity contribution in [1.82, 2.24) is 29.6 Å². The molecule has 0 N–H and O–H groups in total. The molecule has 0 aliphatic carbocycles. The number of carbonyl (C=O) groups is 1. The first-order valence-electron chi connectivity index (χ1n) is 9.23. The van der Waals surface area contributed by atoms with E-state index < -0.39 is 0 Å². The maximum Gasteiger partial charge on any atom is 0.245 e. The Labute approximate surface area is 158 Å². The number of carbonyl (C=O) groups excluding carboxylic acids is 1. The van der Waals surface area contributed by atoms with Crippen LogP contribution >= 0.6 is 0 Å². The SMILES string of the molecule is CN(Cc1ccccc1)C(=O)C1CCCCc2nnc(-c3cnccn3)n21. The van der Waals surface area contributed by atoms with Gasteiger partial charge in [-0.1, -0.05) is 36.8 Å². The van der Waals surface area contributed by atoms with Gasteiger partial charge < -0.3 is 4.90 Å². The molecule has 138 valence electrons. The van der Waals surface area contributed by atoms with E-state index >= 15 is 0 Å². The van der Waals surface area contributed by atoms with Crippen molar-refractivity contribution in [2.24, 2.45) is 0 Å². The van der Waals surface area contributed by atoms with Gasteiger partial charge in [-0.25, -0.2) is 4.98 Å². The fraction of sp³-hybridized carbons (Fsp3) is 0.350. The maximum absolute atomic E-state index is 13.3. The largest absolute Gasteiger partial charge is 0.340 e. The summed E-state index contributed by atoms with van der Waals surface area (Å²) in [6, 6.07) is 9.71. The molecule has 1 aromatic carbocycles. The molecule has 7 heteroatoms. The number of rotatable bonds is 4. The lowest BCUT2D eigenvalue weighted by atomic mass is 10.1. The fourth-order valence-corrected chi connectivity index (χ4v) is 3.58. The van der Waals surface area contributed by atoms with Crippen molar-refractivity contribution in [2.45, 2.75) is 38.3 Å². The zero-order valence-corrected chi connectivity index (χ0v) is 15.3. The third kappa shape index (κ3) is 3.58. The Morgan fingerprint density at radius 3 is 2.81 bits per heavy atom. The monoisotopic (exact) mass is 362 g/mol. The summed E-state index contributed by atoms with van der Waals surface area (Å²) in [5.41, 5.74) is 1.75. The van der Waals surface area contributed by atoms with Crippen LogP contribution in [0.25, 0.3) is 11.5 Å². The molecule has 3 aromatic rings. The molecule has 0 saturated heterocycles. The zero-order chi connectivity index (χ0) is 18.6. The Balaban J connectivity index is 1.66. The Hall–Kier alpha value is -3.09. The number of hydrogen-bond donors (Lipinski definition) is 0. The second-order valence-electron chi connectivity index (χ2n) is 6.84. The molecule has 27 heavy (non-hydrogen) atoms. The highest BCUT2D eigenvalue weighted by Gasteiger charge is 2.31. The predicted octanol–water partition coefficient (Wildman–Crippen LogP) is 2.66. The first-order chi connectivity index (χ1) is 13.2. The van der Waals surface area contributed by atoms with Crippen LogP contribution in [-0.2, 0) is 17.8 Å². The van der Waals surface area contributed by atoms with Gasteiger partial charge in [0.15, 0.2) is 5.82 Å². The average molecular weight is 362 g/mol. The number of benzene rings is 1. The highest BCUT2D eigenvalue weighted by Crippen LogP contribution is 2.29. The van der Waals surface area contributed by atoms with Crippen molar-refractivity contribution in [3.8, 4) is 11.5 Å². The van der Waals surface area contributed by atoms with Crippen LogP contribution in [0.1, 0.15) is 36.7 Å². The van der Waals surface area contributed by atoms with Crippen molar-refractivity contribution in [3.05, 3.63) is 60.3 Å². The van der Waals surface area contributed by atoms with E-state index in [4.69, 9.17) is 0 Å². The quantitative estimate of drug-likeness (QED) is 0.713. The van der Waals surface area contributed by atoms with E-state index in [1.54, 1.807) is 23.5 Å². The summed E-state index contributed by atoms with van der Waals surface area (Å²) in [6.07, 6.45) is 8.50. The highest BCUT2D eigenvalue weighted by atomic mass is 16.2. The van der Waals surface area contributed by atoms with Gasteiger partial charge in [-0.15, -0.1) is 10.2 Å². The predicted molar refractivity (Wildman–Crippen MR) is 101 cm³/mol. The summed E-state index contributed by atoms with van der Waals surface area (Å²) in [6.45, 7) is 0.577. The summed E-state index contributed by atoms with van der Waals surface area (Å²) >= 11 is 0. The zero-order valence-electron chi connectivity index (χ0n) is 15.3. The molecule has 7 nitrogen and oxygen atoms in total. The molecule has 1 aliphatic rings. The molecule has 0 fully saturated rings. The molecule has 1 atom stereocenters. The molecule has 0 radical (unpaired) electrons. The van der Waals surface area contributed by atoms with Gasteiger partial charge in [0.2, 0.25) is 5.91 Å². The van der Waals surface area contributed by atoms with Crippen LogP contribution in [0.3, 0.4) is 0 Å². The van der Waals surface area contributed by atoms with Crippen LogP contribution in [0.5, 0.6) is 0 Å². The molecule has 1 amide bonds. The Morgan fingerprint density at radius 2 is 2.04 bits per heavy atom. The molecule has 0 bridgehead atoms. The molecule has 2 aromatic heterocycles. The lowest BCUT2D eigenvalue weighted by molar-refractivity contribution is -0.134. The van der Waals surface area contributed by atoms with E-state index in [1.165, 1.54) is 0 Å². The van der Waals surface area contributed by atoms with E-state index in [9.17, 15) is 4.79 Å². The van der Waals surface area contributed by atoms with Crippen LogP contribution in [-0.4, -0.2) is 42.6 Å². The average Bonchev–Trinajstić information content (AvgIpc) is 3.01. The fourth-order valence-electron chi connectivity index (χ4n) is 3.58. The minimum Gasteiger partial charge on any atom is -0.340 e. The van der Waals surface area contributed by atoms with Crippen molar-refractivity contribution in [2.75, 3.05) is 7.05 Å². The van der Waals surface area contributed by atoms with Crippen LogP contribution < -0.4 is 0 Å². The van der Waals surface area contributed by atoms with Gasteiger partial charge in [0.05, 0.1) is 6.20 Å². The normalized spacial score (nSPS) is 16.4. The van der Waals surface area contributed by atoms with Crippen LogP contribution in [0, 0.1) is 0 Å².